The molecule has 0 saturated carbocycles. The zero-order valence-corrected chi connectivity index (χ0v) is 17.8. The van der Waals surface area contributed by atoms with Crippen LogP contribution in [0, 0.1) is 11.6 Å². The number of ether oxygens (including phenoxy) is 2. The quantitative estimate of drug-likeness (QED) is 0.742. The highest BCUT2D eigenvalue weighted by Gasteiger charge is 2.38. The van der Waals surface area contributed by atoms with E-state index in [9.17, 15) is 18.4 Å². The highest BCUT2D eigenvalue weighted by molar-refractivity contribution is 5.89. The molecule has 1 aliphatic rings. The van der Waals surface area contributed by atoms with Crippen molar-refractivity contribution in [3.63, 3.8) is 0 Å². The maximum absolute atomic E-state index is 14.5. The summed E-state index contributed by atoms with van der Waals surface area (Å²) in [5.74, 6) is -1.64. The summed E-state index contributed by atoms with van der Waals surface area (Å²) in [6.07, 6.45) is 0.739. The summed E-state index contributed by atoms with van der Waals surface area (Å²) < 4.78 is 38.4. The Morgan fingerprint density at radius 1 is 1.16 bits per heavy atom. The largest absolute Gasteiger partial charge is 0.465 e. The zero-order chi connectivity index (χ0) is 22.8. The number of aromatic nitrogens is 1. The van der Waals surface area contributed by atoms with Crippen LogP contribution in [0.1, 0.15) is 42.6 Å². The Morgan fingerprint density at radius 2 is 1.90 bits per heavy atom. The van der Waals surface area contributed by atoms with Gasteiger partial charge in [0.05, 0.1) is 18.7 Å². The second kappa shape index (κ2) is 8.87. The van der Waals surface area contributed by atoms with E-state index in [0.29, 0.717) is 17.9 Å². The molecule has 1 N–H and O–H groups in total. The molecule has 1 aliphatic heterocycles. The van der Waals surface area contributed by atoms with E-state index in [1.807, 2.05) is 4.90 Å². The minimum Gasteiger partial charge on any atom is -0.465 e. The van der Waals surface area contributed by atoms with Crippen molar-refractivity contribution in [3.8, 4) is 0 Å². The number of nitrogens with one attached hydrogen (secondary N) is 1. The van der Waals surface area contributed by atoms with Crippen LogP contribution in [0.2, 0.25) is 0 Å². The average molecular weight is 433 g/mol. The van der Waals surface area contributed by atoms with Gasteiger partial charge in [0.1, 0.15) is 23.1 Å². The molecule has 2 heterocycles. The monoisotopic (exact) mass is 433 g/mol. The van der Waals surface area contributed by atoms with Gasteiger partial charge in [-0.3, -0.25) is 0 Å². The molecule has 7 nitrogen and oxygen atoms in total. The van der Waals surface area contributed by atoms with Crippen molar-refractivity contribution in [2.24, 2.45) is 0 Å². The number of amides is 1. The molecule has 2 aromatic rings. The second-order valence-electron chi connectivity index (χ2n) is 8.33. The molecule has 0 aliphatic carbocycles. The summed E-state index contributed by atoms with van der Waals surface area (Å²) in [6.45, 7) is 5.80. The van der Waals surface area contributed by atoms with E-state index in [1.165, 1.54) is 13.3 Å². The van der Waals surface area contributed by atoms with Crippen molar-refractivity contribution in [2.75, 3.05) is 25.1 Å². The molecule has 31 heavy (non-hydrogen) atoms. The minimum atomic E-state index is -0.701. The van der Waals surface area contributed by atoms with Crippen molar-refractivity contribution in [1.82, 2.24) is 10.3 Å². The van der Waals surface area contributed by atoms with Gasteiger partial charge >= 0.3 is 12.1 Å². The highest BCUT2D eigenvalue weighted by Crippen LogP contribution is 2.32. The Bertz CT molecular complexity index is 960. The number of nitrogens with zero attached hydrogens (tertiary/aromatic N) is 2. The molecule has 1 saturated heterocycles. The van der Waals surface area contributed by atoms with E-state index >= 15 is 0 Å². The Hall–Kier alpha value is -3.23. The number of carbonyl (C=O) groups is 2. The molecule has 0 spiro atoms. The van der Waals surface area contributed by atoms with Crippen LogP contribution in [0.4, 0.5) is 19.4 Å². The van der Waals surface area contributed by atoms with Crippen molar-refractivity contribution >= 4 is 17.9 Å². The fraction of sp³-hybridized carbons (Fsp3) is 0.409. The van der Waals surface area contributed by atoms with Crippen LogP contribution in [0.15, 0.2) is 36.5 Å². The van der Waals surface area contributed by atoms with Crippen LogP contribution in [0.25, 0.3) is 0 Å². The Labute approximate surface area is 179 Å². The number of pyridine rings is 1. The van der Waals surface area contributed by atoms with Crippen molar-refractivity contribution in [1.29, 1.82) is 0 Å². The van der Waals surface area contributed by atoms with E-state index in [2.05, 4.69) is 15.0 Å². The van der Waals surface area contributed by atoms with Crippen LogP contribution in [0.3, 0.4) is 0 Å². The number of hydrogen-bond donors (Lipinski definition) is 1. The number of hydrogen-bond acceptors (Lipinski definition) is 6. The summed E-state index contributed by atoms with van der Waals surface area (Å²) in [6, 6.07) is 5.92. The first-order valence-electron chi connectivity index (χ1n) is 9.81. The fourth-order valence-corrected chi connectivity index (χ4v) is 3.52. The Morgan fingerprint density at radius 3 is 2.52 bits per heavy atom. The normalized spacial score (nSPS) is 18.6. The lowest BCUT2D eigenvalue weighted by atomic mass is 9.94. The number of anilines is 1. The third kappa shape index (κ3) is 5.48. The number of carbonyl (C=O) groups excluding carboxylic acids is 2. The van der Waals surface area contributed by atoms with Gasteiger partial charge < -0.3 is 19.7 Å². The molecule has 1 fully saturated rings. The lowest BCUT2D eigenvalue weighted by molar-refractivity contribution is 0.0503. The van der Waals surface area contributed by atoms with Gasteiger partial charge in [0.2, 0.25) is 0 Å². The predicted octanol–water partition coefficient (Wildman–Crippen LogP) is 3.64. The first-order valence-corrected chi connectivity index (χ1v) is 9.81. The van der Waals surface area contributed by atoms with Crippen molar-refractivity contribution < 1.29 is 27.8 Å². The van der Waals surface area contributed by atoms with Crippen molar-refractivity contribution in [2.45, 2.75) is 38.3 Å². The lowest BCUT2D eigenvalue weighted by Crippen LogP contribution is -2.43. The fourth-order valence-electron chi connectivity index (χ4n) is 3.52. The van der Waals surface area contributed by atoms with Crippen LogP contribution in [-0.2, 0) is 9.47 Å². The topological polar surface area (TPSA) is 80.8 Å². The van der Waals surface area contributed by atoms with Crippen LogP contribution in [-0.4, -0.2) is 48.9 Å². The highest BCUT2D eigenvalue weighted by atomic mass is 19.1. The standard InChI is InChI=1S/C22H25F2N3O4/c1-22(2,3)31-21(29)26-18-12-27(19-8-5-13(10-25-19)20(28)30-4)11-16(18)15-9-14(23)6-7-17(15)24/h5-10,16,18H,11-12H2,1-4H3,(H,26,29)/t16-,18+/m1/s1. The minimum absolute atomic E-state index is 0.162. The third-order valence-electron chi connectivity index (χ3n) is 4.87. The molecule has 1 amide bonds. The second-order valence-corrected chi connectivity index (χ2v) is 8.33. The predicted molar refractivity (Wildman–Crippen MR) is 110 cm³/mol. The molecule has 1 aromatic carbocycles. The van der Waals surface area contributed by atoms with E-state index in [0.717, 1.165) is 18.2 Å². The first-order chi connectivity index (χ1) is 14.6. The number of halogens is 2. The van der Waals surface area contributed by atoms with E-state index in [1.54, 1.807) is 32.9 Å². The van der Waals surface area contributed by atoms with E-state index < -0.39 is 41.3 Å². The summed E-state index contributed by atoms with van der Waals surface area (Å²) in [7, 11) is 1.28. The SMILES string of the molecule is COC(=O)c1ccc(N2C[C@H](NC(=O)OC(C)(C)C)[C@@H](c3cc(F)ccc3F)C2)nc1. The van der Waals surface area contributed by atoms with Gasteiger partial charge in [0.25, 0.3) is 0 Å². The number of esters is 1. The van der Waals surface area contributed by atoms with Crippen LogP contribution < -0.4 is 10.2 Å². The molecule has 0 unspecified atom stereocenters. The Balaban J connectivity index is 1.86. The first kappa shape index (κ1) is 22.5. The molecular formula is C22H25F2N3O4. The van der Waals surface area contributed by atoms with E-state index in [-0.39, 0.29) is 12.1 Å². The molecule has 3 rings (SSSR count). The maximum Gasteiger partial charge on any atom is 0.407 e. The van der Waals surface area contributed by atoms with Crippen LogP contribution >= 0.6 is 0 Å². The van der Waals surface area contributed by atoms with Crippen LogP contribution in [0.5, 0.6) is 0 Å². The molecule has 9 heteroatoms. The number of rotatable bonds is 4. The molecule has 0 radical (unpaired) electrons. The van der Waals surface area contributed by atoms with Gasteiger partial charge in [0, 0.05) is 25.2 Å². The van der Waals surface area contributed by atoms with Crippen molar-refractivity contribution in [3.05, 3.63) is 59.3 Å². The van der Waals surface area contributed by atoms with Gasteiger partial charge in [-0.25, -0.2) is 23.4 Å². The summed E-state index contributed by atoms with van der Waals surface area (Å²) in [5, 5.41) is 2.78. The zero-order valence-electron chi connectivity index (χ0n) is 17.8. The molecule has 2 atom stereocenters. The maximum atomic E-state index is 14.5. The lowest BCUT2D eigenvalue weighted by Gasteiger charge is -2.24. The summed E-state index contributed by atoms with van der Waals surface area (Å²) in [4.78, 5) is 30.1. The van der Waals surface area contributed by atoms with Gasteiger partial charge in [-0.2, -0.15) is 0 Å². The Kier molecular flexibility index (Phi) is 6.42. The number of benzene rings is 1. The smallest absolute Gasteiger partial charge is 0.407 e. The van der Waals surface area contributed by atoms with Gasteiger partial charge in [-0.1, -0.05) is 0 Å². The van der Waals surface area contributed by atoms with Gasteiger partial charge in [0.15, 0.2) is 0 Å². The molecule has 166 valence electrons. The molecule has 1 aromatic heterocycles. The number of methoxy groups -OCH3 is 1. The van der Waals surface area contributed by atoms with Gasteiger partial charge in [-0.15, -0.1) is 0 Å². The summed E-state index contributed by atoms with van der Waals surface area (Å²) >= 11 is 0. The molecule has 0 bridgehead atoms. The number of alkyl carbamates (subject to hydrolysis) is 1. The third-order valence-corrected chi connectivity index (χ3v) is 4.87. The van der Waals surface area contributed by atoms with E-state index in [4.69, 9.17) is 4.74 Å². The molecular weight excluding hydrogens is 408 g/mol. The van der Waals surface area contributed by atoms with Gasteiger partial charge in [-0.05, 0) is 56.7 Å². The summed E-state index contributed by atoms with van der Waals surface area (Å²) in [5.41, 5.74) is -0.246. The average Bonchev–Trinajstić information content (AvgIpc) is 3.11.